The van der Waals surface area contributed by atoms with E-state index in [1.807, 2.05) is 6.92 Å². The number of esters is 1. The van der Waals surface area contributed by atoms with Gasteiger partial charge < -0.3 is 9.99 Å². The summed E-state index contributed by atoms with van der Waals surface area (Å²) in [4.78, 5) is 11.9. The van der Waals surface area contributed by atoms with E-state index in [4.69, 9.17) is 4.74 Å². The number of ether oxygens (including phenoxy) is 1. The van der Waals surface area contributed by atoms with Crippen molar-refractivity contribution in [2.45, 2.75) is 18.2 Å². The molecule has 0 amide bonds. The Balaban J connectivity index is 0.00000289. The summed E-state index contributed by atoms with van der Waals surface area (Å²) in [5.74, 6) is 0.127. The van der Waals surface area contributed by atoms with Gasteiger partial charge in [0, 0.05) is 9.32 Å². The minimum Gasteiger partial charge on any atom is -0.691 e. The first-order chi connectivity index (χ1) is 8.17. The molecule has 0 aromatic heterocycles. The zero-order valence-corrected chi connectivity index (χ0v) is 14.9. The fraction of sp³-hybridized carbons (Fsp3) is 0.300. The molecule has 1 aromatic carbocycles. The summed E-state index contributed by atoms with van der Waals surface area (Å²) in [7, 11) is 0. The largest absolute Gasteiger partial charge is 1.00 e. The molecule has 0 bridgehead atoms. The van der Waals surface area contributed by atoms with Gasteiger partial charge in [0.15, 0.2) is 0 Å². The molecule has 5 nitrogen and oxygen atoms in total. The van der Waals surface area contributed by atoms with E-state index in [1.165, 1.54) is 0 Å². The molecule has 0 saturated heterocycles. The molecular weight excluding hydrogens is 382 g/mol. The van der Waals surface area contributed by atoms with Gasteiger partial charge in [-0.25, -0.2) is 0 Å². The Bertz CT molecular complexity index is 391. The third kappa shape index (κ3) is 6.71. The van der Waals surface area contributed by atoms with Crippen LogP contribution in [0.25, 0.3) is 0 Å². The molecule has 0 aliphatic carbocycles. The van der Waals surface area contributed by atoms with Crippen LogP contribution < -0.4 is 39.6 Å². The summed E-state index contributed by atoms with van der Waals surface area (Å²) in [6.45, 7) is 1.84. The number of benzene rings is 1. The van der Waals surface area contributed by atoms with Crippen LogP contribution in [0, 0.1) is 6.92 Å². The number of carbonyl (C=O) groups is 1. The van der Waals surface area contributed by atoms with Crippen LogP contribution in [0.2, 0.25) is 0 Å². The van der Waals surface area contributed by atoms with E-state index in [0.29, 0.717) is 21.5 Å². The zero-order valence-electron chi connectivity index (χ0n) is 9.97. The van der Waals surface area contributed by atoms with Gasteiger partial charge in [-0.2, -0.15) is 4.33 Å². The standard InChI is InChI=1S/C10H11IO5S.Na/c1-7-2-3-8(14-10(12)4-5-11)6-9(7)17-16-15-13;/h2-3,6,13H,4-5H2,1H3;/q;+1/p-1. The number of rotatable bonds is 6. The number of aryl methyl sites for hydroxylation is 1. The van der Waals surface area contributed by atoms with Gasteiger partial charge in [0.2, 0.25) is 0 Å². The average Bonchev–Trinajstić information content (AvgIpc) is 2.30. The summed E-state index contributed by atoms with van der Waals surface area (Å²) in [5, 5.41) is 13.0. The van der Waals surface area contributed by atoms with Gasteiger partial charge >= 0.3 is 35.5 Å². The maximum absolute atomic E-state index is 11.3. The molecule has 0 heterocycles. The number of alkyl halides is 1. The van der Waals surface area contributed by atoms with Crippen LogP contribution in [-0.2, 0) is 14.2 Å². The molecule has 0 fully saturated rings. The van der Waals surface area contributed by atoms with E-state index in [1.54, 1.807) is 18.2 Å². The molecule has 8 heteroatoms. The second kappa shape index (κ2) is 10.4. The van der Waals surface area contributed by atoms with Crippen LogP contribution in [0.5, 0.6) is 5.75 Å². The van der Waals surface area contributed by atoms with Crippen molar-refractivity contribution in [1.29, 1.82) is 0 Å². The molecular formula is C10H10INaO5S. The predicted molar refractivity (Wildman–Crippen MR) is 68.3 cm³/mol. The summed E-state index contributed by atoms with van der Waals surface area (Å²) in [6, 6.07) is 5.07. The minimum atomic E-state index is -0.291. The van der Waals surface area contributed by atoms with Crippen molar-refractivity contribution < 1.29 is 53.7 Å². The summed E-state index contributed by atoms with van der Waals surface area (Å²) in [6.07, 6.45) is 0.358. The van der Waals surface area contributed by atoms with Crippen molar-refractivity contribution in [3.05, 3.63) is 23.8 Å². The first-order valence-electron chi connectivity index (χ1n) is 4.68. The van der Waals surface area contributed by atoms with Gasteiger partial charge in [-0.3, -0.25) is 9.83 Å². The Morgan fingerprint density at radius 1 is 1.50 bits per heavy atom. The van der Waals surface area contributed by atoms with E-state index in [0.717, 1.165) is 17.6 Å². The molecule has 0 radical (unpaired) electrons. The van der Waals surface area contributed by atoms with E-state index >= 15 is 0 Å². The van der Waals surface area contributed by atoms with Crippen molar-refractivity contribution in [3.8, 4) is 5.75 Å². The van der Waals surface area contributed by atoms with Crippen molar-refractivity contribution in [1.82, 2.24) is 0 Å². The minimum absolute atomic E-state index is 0. The smallest absolute Gasteiger partial charge is 0.691 e. The Kier molecular flexibility index (Phi) is 10.8. The molecule has 0 aliphatic heterocycles. The average molecular weight is 392 g/mol. The predicted octanol–water partition coefficient (Wildman–Crippen LogP) is -1.04. The van der Waals surface area contributed by atoms with E-state index in [9.17, 15) is 10.1 Å². The van der Waals surface area contributed by atoms with Crippen LogP contribution >= 0.6 is 34.6 Å². The molecule has 1 rings (SSSR count). The second-order valence-corrected chi connectivity index (χ2v) is 4.88. The molecule has 0 saturated carbocycles. The van der Waals surface area contributed by atoms with Crippen LogP contribution in [0.4, 0.5) is 0 Å². The summed E-state index contributed by atoms with van der Waals surface area (Å²) >= 11 is 2.87. The fourth-order valence-electron chi connectivity index (χ4n) is 1.04. The maximum Gasteiger partial charge on any atom is 1.00 e. The third-order valence-electron chi connectivity index (χ3n) is 1.84. The molecule has 0 spiro atoms. The van der Waals surface area contributed by atoms with E-state index in [-0.39, 0.29) is 35.5 Å². The van der Waals surface area contributed by atoms with Crippen LogP contribution in [-0.4, -0.2) is 10.4 Å². The topological polar surface area (TPSA) is 67.8 Å². The van der Waals surface area contributed by atoms with Crippen molar-refractivity contribution in [2.75, 3.05) is 4.43 Å². The van der Waals surface area contributed by atoms with Crippen LogP contribution in [0.15, 0.2) is 23.1 Å². The Morgan fingerprint density at radius 3 is 2.83 bits per heavy atom. The molecule has 0 aliphatic rings. The SMILES string of the molecule is Cc1ccc(OC(=O)CCI)cc1SOO[O-].[Na+]. The quantitative estimate of drug-likeness (QED) is 0.0901. The number of hydrogen-bond acceptors (Lipinski definition) is 6. The van der Waals surface area contributed by atoms with Crippen molar-refractivity contribution >= 4 is 40.6 Å². The number of carbonyl (C=O) groups excluding carboxylic acids is 1. The Morgan fingerprint density at radius 2 is 2.22 bits per heavy atom. The fourth-order valence-corrected chi connectivity index (χ4v) is 1.95. The summed E-state index contributed by atoms with van der Waals surface area (Å²) in [5.41, 5.74) is 0.890. The van der Waals surface area contributed by atoms with Gasteiger partial charge in [0.05, 0.1) is 18.5 Å². The van der Waals surface area contributed by atoms with Crippen LogP contribution in [0.3, 0.4) is 0 Å². The van der Waals surface area contributed by atoms with Gasteiger partial charge in [-0.1, -0.05) is 28.7 Å². The van der Waals surface area contributed by atoms with Crippen LogP contribution in [0.1, 0.15) is 12.0 Å². The Hall–Kier alpha value is 0.650. The normalized spacial score (nSPS) is 9.72. The van der Waals surface area contributed by atoms with Gasteiger partial charge in [0.25, 0.3) is 0 Å². The zero-order chi connectivity index (χ0) is 12.7. The second-order valence-electron chi connectivity index (χ2n) is 3.06. The van der Waals surface area contributed by atoms with Crippen molar-refractivity contribution in [2.24, 2.45) is 0 Å². The van der Waals surface area contributed by atoms with E-state index < -0.39 is 0 Å². The van der Waals surface area contributed by atoms with E-state index in [2.05, 4.69) is 32.0 Å². The first kappa shape index (κ1) is 18.7. The monoisotopic (exact) mass is 392 g/mol. The Labute approximate surface area is 145 Å². The van der Waals surface area contributed by atoms with Crippen molar-refractivity contribution in [3.63, 3.8) is 0 Å². The summed E-state index contributed by atoms with van der Waals surface area (Å²) < 4.78 is 10.0. The van der Waals surface area contributed by atoms with Gasteiger partial charge in [-0.15, -0.1) is 0 Å². The molecule has 18 heavy (non-hydrogen) atoms. The number of halogens is 1. The number of hydrogen-bond donors (Lipinski definition) is 0. The molecule has 0 atom stereocenters. The molecule has 0 N–H and O–H groups in total. The maximum atomic E-state index is 11.3. The molecule has 0 unspecified atom stereocenters. The third-order valence-corrected chi connectivity index (χ3v) is 3.12. The molecule has 94 valence electrons. The first-order valence-corrected chi connectivity index (χ1v) is 6.94. The van der Waals surface area contributed by atoms with Gasteiger partial charge in [0.1, 0.15) is 5.75 Å². The molecule has 1 aromatic rings. The van der Waals surface area contributed by atoms with Gasteiger partial charge in [-0.05, 0) is 24.6 Å².